The van der Waals surface area contributed by atoms with Crippen LogP contribution in [0.5, 0.6) is 0 Å². The van der Waals surface area contributed by atoms with Crippen molar-refractivity contribution in [2.24, 2.45) is 0 Å². The van der Waals surface area contributed by atoms with Gasteiger partial charge in [0.1, 0.15) is 0 Å². The maximum atomic E-state index is 5.70. The van der Waals surface area contributed by atoms with E-state index in [0.29, 0.717) is 0 Å². The second-order valence-corrected chi connectivity index (χ2v) is 4.52. The topological polar surface area (TPSA) is 26.0 Å². The molecule has 3 rings (SSSR count). The molecule has 0 unspecified atom stereocenters. The number of rotatable bonds is 2. The number of nitrogens with two attached hydrogens (primary N) is 1. The van der Waals surface area contributed by atoms with Gasteiger partial charge in [0.2, 0.25) is 0 Å². The van der Waals surface area contributed by atoms with E-state index < -0.39 is 0 Å². The predicted molar refractivity (Wildman–Crippen MR) is 78.0 cm³/mol. The van der Waals surface area contributed by atoms with Crippen LogP contribution in [0.1, 0.15) is 12.0 Å². The van der Waals surface area contributed by atoms with Crippen LogP contribution in [0, 0.1) is 0 Å². The fourth-order valence-corrected chi connectivity index (χ4v) is 2.21. The van der Waals surface area contributed by atoms with E-state index in [2.05, 4.69) is 54.6 Å². The van der Waals surface area contributed by atoms with E-state index in [-0.39, 0.29) is 0 Å². The smallest absolute Gasteiger partial charge is 0.0314 e. The predicted octanol–water partition coefficient (Wildman–Crippen LogP) is 4.28. The minimum atomic E-state index is 0.803. The molecule has 0 amide bonds. The van der Waals surface area contributed by atoms with Crippen LogP contribution in [0.3, 0.4) is 0 Å². The maximum Gasteiger partial charge on any atom is 0.0314 e. The Hall–Kier alpha value is -2.28. The Balaban J connectivity index is 1.89. The molecule has 0 aromatic heterocycles. The van der Waals surface area contributed by atoms with Gasteiger partial charge in [-0.1, -0.05) is 54.6 Å². The van der Waals surface area contributed by atoms with Gasteiger partial charge in [-0.15, -0.1) is 0 Å². The quantitative estimate of drug-likeness (QED) is 0.770. The zero-order valence-corrected chi connectivity index (χ0v) is 10.1. The summed E-state index contributed by atoms with van der Waals surface area (Å²) in [6.07, 6.45) is 7.52. The lowest BCUT2D eigenvalue weighted by Gasteiger charge is -2.05. The van der Waals surface area contributed by atoms with E-state index in [1.807, 2.05) is 12.1 Å². The van der Waals surface area contributed by atoms with Crippen molar-refractivity contribution in [3.8, 4) is 11.1 Å². The molecule has 0 atom stereocenters. The Morgan fingerprint density at radius 1 is 0.722 bits per heavy atom. The normalized spacial score (nSPS) is 13.7. The molecule has 1 nitrogen and oxygen atoms in total. The Morgan fingerprint density at radius 2 is 1.28 bits per heavy atom. The van der Waals surface area contributed by atoms with Crippen LogP contribution in [0.4, 0.5) is 5.69 Å². The summed E-state index contributed by atoms with van der Waals surface area (Å²) in [6, 6.07) is 16.7. The third kappa shape index (κ3) is 2.07. The molecule has 18 heavy (non-hydrogen) atoms. The van der Waals surface area contributed by atoms with Crippen LogP contribution in [0.2, 0.25) is 0 Å². The molecule has 2 N–H and O–H groups in total. The van der Waals surface area contributed by atoms with Crippen LogP contribution < -0.4 is 5.73 Å². The van der Waals surface area contributed by atoms with Crippen LogP contribution in [0.25, 0.3) is 16.7 Å². The van der Waals surface area contributed by atoms with Crippen molar-refractivity contribution in [2.45, 2.75) is 6.42 Å². The molecule has 0 radical (unpaired) electrons. The van der Waals surface area contributed by atoms with Crippen LogP contribution >= 0.6 is 0 Å². The molecule has 2 aromatic carbocycles. The lowest BCUT2D eigenvalue weighted by molar-refractivity contribution is 1.43. The van der Waals surface area contributed by atoms with E-state index >= 15 is 0 Å². The lowest BCUT2D eigenvalue weighted by Crippen LogP contribution is -1.85. The molecule has 88 valence electrons. The average Bonchev–Trinajstić information content (AvgIpc) is 2.94. The Bertz CT molecular complexity index is 601. The van der Waals surface area contributed by atoms with Gasteiger partial charge in [-0.25, -0.2) is 0 Å². The molecule has 2 aromatic rings. The monoisotopic (exact) mass is 233 g/mol. The maximum absolute atomic E-state index is 5.70. The summed E-state index contributed by atoms with van der Waals surface area (Å²) in [5, 5.41) is 0. The van der Waals surface area contributed by atoms with Crippen LogP contribution in [-0.2, 0) is 0 Å². The van der Waals surface area contributed by atoms with Gasteiger partial charge in [0.05, 0.1) is 0 Å². The molecular weight excluding hydrogens is 218 g/mol. The zero-order valence-electron chi connectivity index (χ0n) is 10.1. The first-order valence-electron chi connectivity index (χ1n) is 6.15. The zero-order chi connectivity index (χ0) is 12.4. The first-order valence-corrected chi connectivity index (χ1v) is 6.15. The molecule has 1 aliphatic carbocycles. The van der Waals surface area contributed by atoms with E-state index in [0.717, 1.165) is 12.1 Å². The fraction of sp³-hybridized carbons (Fsp3) is 0.0588. The largest absolute Gasteiger partial charge is 0.399 e. The van der Waals surface area contributed by atoms with Gasteiger partial charge in [-0.3, -0.25) is 0 Å². The average molecular weight is 233 g/mol. The molecule has 0 spiro atoms. The van der Waals surface area contributed by atoms with Gasteiger partial charge in [0, 0.05) is 5.69 Å². The second kappa shape index (κ2) is 4.53. The summed E-state index contributed by atoms with van der Waals surface area (Å²) in [5.74, 6) is 0. The van der Waals surface area contributed by atoms with Crippen molar-refractivity contribution in [1.82, 2.24) is 0 Å². The molecule has 0 aliphatic heterocycles. The number of nitrogen functional groups attached to an aromatic ring is 1. The van der Waals surface area contributed by atoms with Gasteiger partial charge in [0.15, 0.2) is 0 Å². The molecule has 0 bridgehead atoms. The summed E-state index contributed by atoms with van der Waals surface area (Å²) in [4.78, 5) is 0. The van der Waals surface area contributed by atoms with Crippen molar-refractivity contribution < 1.29 is 0 Å². The van der Waals surface area contributed by atoms with Gasteiger partial charge < -0.3 is 5.73 Å². The summed E-state index contributed by atoms with van der Waals surface area (Å²) in [5.41, 5.74) is 11.6. The number of hydrogen-bond donors (Lipinski definition) is 1. The van der Waals surface area contributed by atoms with Crippen molar-refractivity contribution in [3.05, 3.63) is 72.3 Å². The Morgan fingerprint density at radius 3 is 1.83 bits per heavy atom. The first kappa shape index (κ1) is 10.8. The third-order valence-corrected chi connectivity index (χ3v) is 3.27. The SMILES string of the molecule is Nc1ccc(-c2ccc(C3=CC=CC3)cc2)cc1. The summed E-state index contributed by atoms with van der Waals surface area (Å²) < 4.78 is 0. The van der Waals surface area contributed by atoms with Gasteiger partial charge in [-0.05, 0) is 40.8 Å². The highest BCUT2D eigenvalue weighted by molar-refractivity contribution is 5.74. The molecule has 0 heterocycles. The Labute approximate surface area is 107 Å². The van der Waals surface area contributed by atoms with Crippen LogP contribution in [-0.4, -0.2) is 0 Å². The van der Waals surface area contributed by atoms with Crippen molar-refractivity contribution in [1.29, 1.82) is 0 Å². The highest BCUT2D eigenvalue weighted by Gasteiger charge is 2.03. The van der Waals surface area contributed by atoms with Crippen molar-refractivity contribution >= 4 is 11.3 Å². The summed E-state index contributed by atoms with van der Waals surface area (Å²) in [6.45, 7) is 0. The van der Waals surface area contributed by atoms with Gasteiger partial charge in [-0.2, -0.15) is 0 Å². The second-order valence-electron chi connectivity index (χ2n) is 4.52. The number of benzene rings is 2. The van der Waals surface area contributed by atoms with Crippen LogP contribution in [0.15, 0.2) is 66.8 Å². The van der Waals surface area contributed by atoms with Gasteiger partial charge >= 0.3 is 0 Å². The minimum Gasteiger partial charge on any atom is -0.399 e. The van der Waals surface area contributed by atoms with Gasteiger partial charge in [0.25, 0.3) is 0 Å². The molecule has 0 saturated carbocycles. The highest BCUT2D eigenvalue weighted by atomic mass is 14.5. The van der Waals surface area contributed by atoms with E-state index in [1.165, 1.54) is 22.3 Å². The highest BCUT2D eigenvalue weighted by Crippen LogP contribution is 2.26. The molecule has 1 heteroatoms. The standard InChI is InChI=1S/C17H15N/c18-17-11-9-16(10-12-17)15-7-5-14(6-8-15)13-3-1-2-4-13/h1-3,5-12H,4,18H2. The third-order valence-electron chi connectivity index (χ3n) is 3.27. The number of allylic oxidation sites excluding steroid dienone is 4. The molecular formula is C17H15N. The van der Waals surface area contributed by atoms with Crippen molar-refractivity contribution in [2.75, 3.05) is 5.73 Å². The lowest BCUT2D eigenvalue weighted by atomic mass is 10.00. The number of anilines is 1. The molecule has 0 saturated heterocycles. The van der Waals surface area contributed by atoms with E-state index in [9.17, 15) is 0 Å². The number of hydrogen-bond acceptors (Lipinski definition) is 1. The van der Waals surface area contributed by atoms with Crippen molar-refractivity contribution in [3.63, 3.8) is 0 Å². The first-order chi connectivity index (χ1) is 8.83. The summed E-state index contributed by atoms with van der Waals surface area (Å²) in [7, 11) is 0. The fourth-order valence-electron chi connectivity index (χ4n) is 2.21. The van der Waals surface area contributed by atoms with E-state index in [4.69, 9.17) is 5.73 Å². The minimum absolute atomic E-state index is 0.803. The van der Waals surface area contributed by atoms with E-state index in [1.54, 1.807) is 0 Å². The summed E-state index contributed by atoms with van der Waals surface area (Å²) >= 11 is 0. The Kier molecular flexibility index (Phi) is 2.73. The molecule has 1 aliphatic rings. The molecule has 0 fully saturated rings.